The third-order valence-corrected chi connectivity index (χ3v) is 4.01. The lowest BCUT2D eigenvalue weighted by Crippen LogP contribution is -2.28. The standard InChI is InChI=1S/C19H25N3O3/c1-5-25-16-8-6-15(7-9-16)12(2)21-18(23)11-10-17-13(3)20-14(4)22-19(17)24/h6-9,12H,5,10-11H2,1-4H3,(H,21,23)(H,20,22,24)/t12-/m0/s1. The van der Waals surface area contributed by atoms with Gasteiger partial charge in [0, 0.05) is 17.7 Å². The van der Waals surface area contributed by atoms with Gasteiger partial charge in [0.25, 0.3) is 5.56 Å². The number of carbonyl (C=O) groups is 1. The number of benzene rings is 1. The Hall–Kier alpha value is -2.63. The van der Waals surface area contributed by atoms with E-state index in [9.17, 15) is 9.59 Å². The van der Waals surface area contributed by atoms with Crippen LogP contribution in [-0.2, 0) is 11.2 Å². The largest absolute Gasteiger partial charge is 0.494 e. The van der Waals surface area contributed by atoms with Crippen LogP contribution in [0.4, 0.5) is 0 Å². The number of ether oxygens (including phenoxy) is 1. The minimum absolute atomic E-state index is 0.0965. The molecule has 1 amide bonds. The van der Waals surface area contributed by atoms with Gasteiger partial charge in [-0.3, -0.25) is 9.59 Å². The number of nitrogens with one attached hydrogen (secondary N) is 2. The van der Waals surface area contributed by atoms with E-state index in [0.717, 1.165) is 11.3 Å². The molecular weight excluding hydrogens is 318 g/mol. The highest BCUT2D eigenvalue weighted by Gasteiger charge is 2.12. The number of H-pyrrole nitrogens is 1. The monoisotopic (exact) mass is 343 g/mol. The smallest absolute Gasteiger partial charge is 0.254 e. The highest BCUT2D eigenvalue weighted by molar-refractivity contribution is 5.76. The van der Waals surface area contributed by atoms with Crippen LogP contribution in [0.5, 0.6) is 5.75 Å². The van der Waals surface area contributed by atoms with E-state index in [1.54, 1.807) is 13.8 Å². The van der Waals surface area contributed by atoms with Crippen molar-refractivity contribution >= 4 is 5.91 Å². The molecule has 2 N–H and O–H groups in total. The highest BCUT2D eigenvalue weighted by atomic mass is 16.5. The Morgan fingerprint density at radius 2 is 1.96 bits per heavy atom. The van der Waals surface area contributed by atoms with Crippen molar-refractivity contribution in [2.45, 2.75) is 46.6 Å². The Labute approximate surface area is 147 Å². The molecule has 0 aliphatic carbocycles. The second-order valence-electron chi connectivity index (χ2n) is 6.01. The predicted molar refractivity (Wildman–Crippen MR) is 96.8 cm³/mol. The van der Waals surface area contributed by atoms with Crippen LogP contribution in [0.2, 0.25) is 0 Å². The summed E-state index contributed by atoms with van der Waals surface area (Å²) in [5.41, 5.74) is 2.07. The zero-order valence-electron chi connectivity index (χ0n) is 15.2. The average molecular weight is 343 g/mol. The molecule has 0 saturated carbocycles. The van der Waals surface area contributed by atoms with Gasteiger partial charge in [0.05, 0.1) is 12.6 Å². The highest BCUT2D eigenvalue weighted by Crippen LogP contribution is 2.17. The second kappa shape index (κ2) is 8.46. The summed E-state index contributed by atoms with van der Waals surface area (Å²) in [5, 5.41) is 2.96. The van der Waals surface area contributed by atoms with E-state index in [1.165, 1.54) is 0 Å². The van der Waals surface area contributed by atoms with Crippen LogP contribution < -0.4 is 15.6 Å². The first-order valence-electron chi connectivity index (χ1n) is 8.49. The van der Waals surface area contributed by atoms with E-state index in [2.05, 4.69) is 15.3 Å². The van der Waals surface area contributed by atoms with Gasteiger partial charge in [0.1, 0.15) is 11.6 Å². The van der Waals surface area contributed by atoms with Crippen LogP contribution in [0.1, 0.15) is 49.0 Å². The Balaban J connectivity index is 1.92. The van der Waals surface area contributed by atoms with E-state index in [1.807, 2.05) is 38.1 Å². The molecule has 0 bridgehead atoms. The molecular formula is C19H25N3O3. The van der Waals surface area contributed by atoms with Crippen molar-refractivity contribution in [1.82, 2.24) is 15.3 Å². The third kappa shape index (κ3) is 5.17. The molecule has 0 fully saturated rings. The van der Waals surface area contributed by atoms with Gasteiger partial charge < -0.3 is 15.0 Å². The molecule has 1 aromatic carbocycles. The fourth-order valence-corrected chi connectivity index (χ4v) is 2.70. The number of nitrogens with zero attached hydrogens (tertiary/aromatic N) is 1. The van der Waals surface area contributed by atoms with Gasteiger partial charge in [-0.15, -0.1) is 0 Å². The molecule has 2 rings (SSSR count). The van der Waals surface area contributed by atoms with Gasteiger partial charge in [0.15, 0.2) is 0 Å². The lowest BCUT2D eigenvalue weighted by atomic mass is 10.1. The fraction of sp³-hybridized carbons (Fsp3) is 0.421. The average Bonchev–Trinajstić information content (AvgIpc) is 2.54. The van der Waals surface area contributed by atoms with Crippen molar-refractivity contribution in [3.63, 3.8) is 0 Å². The minimum Gasteiger partial charge on any atom is -0.494 e. The quantitative estimate of drug-likeness (QED) is 0.809. The molecule has 6 nitrogen and oxygen atoms in total. The number of aryl methyl sites for hydroxylation is 2. The molecule has 1 aromatic heterocycles. The molecule has 134 valence electrons. The number of aromatic nitrogens is 2. The summed E-state index contributed by atoms with van der Waals surface area (Å²) >= 11 is 0. The van der Waals surface area contributed by atoms with Crippen molar-refractivity contribution in [2.75, 3.05) is 6.61 Å². The van der Waals surface area contributed by atoms with E-state index >= 15 is 0 Å². The number of rotatable bonds is 7. The van der Waals surface area contributed by atoms with Crippen molar-refractivity contribution < 1.29 is 9.53 Å². The first-order chi connectivity index (χ1) is 11.9. The Bertz CT molecular complexity index is 781. The SMILES string of the molecule is CCOc1ccc([C@H](C)NC(=O)CCc2c(C)nc(C)[nH]c2=O)cc1. The van der Waals surface area contributed by atoms with Crippen LogP contribution in [0, 0.1) is 13.8 Å². The predicted octanol–water partition coefficient (Wildman–Crippen LogP) is 2.60. The number of aromatic amines is 1. The van der Waals surface area contributed by atoms with Crippen LogP contribution >= 0.6 is 0 Å². The Morgan fingerprint density at radius 1 is 1.28 bits per heavy atom. The summed E-state index contributed by atoms with van der Waals surface area (Å²) in [5.74, 6) is 1.30. The van der Waals surface area contributed by atoms with E-state index in [0.29, 0.717) is 30.1 Å². The summed E-state index contributed by atoms with van der Waals surface area (Å²) in [6.07, 6.45) is 0.617. The molecule has 1 atom stereocenters. The topological polar surface area (TPSA) is 84.1 Å². The maximum absolute atomic E-state index is 12.2. The van der Waals surface area contributed by atoms with Gasteiger partial charge in [-0.1, -0.05) is 12.1 Å². The maximum Gasteiger partial charge on any atom is 0.254 e. The third-order valence-electron chi connectivity index (χ3n) is 4.01. The molecule has 6 heteroatoms. The van der Waals surface area contributed by atoms with Gasteiger partial charge in [-0.2, -0.15) is 0 Å². The van der Waals surface area contributed by atoms with Crippen molar-refractivity contribution in [3.8, 4) is 5.75 Å². The van der Waals surface area contributed by atoms with Crippen molar-refractivity contribution in [1.29, 1.82) is 0 Å². The molecule has 0 aliphatic rings. The molecule has 0 radical (unpaired) electrons. The zero-order valence-corrected chi connectivity index (χ0v) is 15.2. The Morgan fingerprint density at radius 3 is 2.56 bits per heavy atom. The molecule has 0 saturated heterocycles. The van der Waals surface area contributed by atoms with Crippen LogP contribution in [0.3, 0.4) is 0 Å². The normalized spacial score (nSPS) is 11.8. The molecule has 0 unspecified atom stereocenters. The number of hydrogen-bond donors (Lipinski definition) is 2. The van der Waals surface area contributed by atoms with Crippen LogP contribution in [0.15, 0.2) is 29.1 Å². The molecule has 0 spiro atoms. The maximum atomic E-state index is 12.2. The van der Waals surface area contributed by atoms with Crippen molar-refractivity contribution in [3.05, 3.63) is 57.3 Å². The Kier molecular flexibility index (Phi) is 6.33. The van der Waals surface area contributed by atoms with Crippen molar-refractivity contribution in [2.24, 2.45) is 0 Å². The van der Waals surface area contributed by atoms with Crippen LogP contribution in [0.25, 0.3) is 0 Å². The second-order valence-corrected chi connectivity index (χ2v) is 6.01. The summed E-state index contributed by atoms with van der Waals surface area (Å²) in [4.78, 5) is 31.1. The molecule has 0 aliphatic heterocycles. The summed E-state index contributed by atoms with van der Waals surface area (Å²) < 4.78 is 5.41. The molecule has 1 heterocycles. The van der Waals surface area contributed by atoms with Gasteiger partial charge >= 0.3 is 0 Å². The van der Waals surface area contributed by atoms with Crippen LogP contribution in [-0.4, -0.2) is 22.5 Å². The fourth-order valence-electron chi connectivity index (χ4n) is 2.70. The van der Waals surface area contributed by atoms with Gasteiger partial charge in [0.2, 0.25) is 5.91 Å². The van der Waals surface area contributed by atoms with E-state index < -0.39 is 0 Å². The van der Waals surface area contributed by atoms with Gasteiger partial charge in [-0.05, 0) is 51.8 Å². The summed E-state index contributed by atoms with van der Waals surface area (Å²) in [6.45, 7) is 8.02. The summed E-state index contributed by atoms with van der Waals surface area (Å²) in [7, 11) is 0. The lowest BCUT2D eigenvalue weighted by molar-refractivity contribution is -0.121. The van der Waals surface area contributed by atoms with E-state index in [-0.39, 0.29) is 23.9 Å². The first kappa shape index (κ1) is 18.7. The summed E-state index contributed by atoms with van der Waals surface area (Å²) in [6, 6.07) is 7.55. The van der Waals surface area contributed by atoms with Gasteiger partial charge in [-0.25, -0.2) is 4.98 Å². The molecule has 25 heavy (non-hydrogen) atoms. The minimum atomic E-state index is -0.169. The zero-order chi connectivity index (χ0) is 18.4. The number of carbonyl (C=O) groups excluding carboxylic acids is 1. The number of hydrogen-bond acceptors (Lipinski definition) is 4. The lowest BCUT2D eigenvalue weighted by Gasteiger charge is -2.15. The van der Waals surface area contributed by atoms with E-state index in [4.69, 9.17) is 4.74 Å². The first-order valence-corrected chi connectivity index (χ1v) is 8.49. The number of amides is 1. The molecule has 2 aromatic rings.